The first-order chi connectivity index (χ1) is 10.0. The molecular formula is C16H24N4O. The molecule has 1 aliphatic heterocycles. The SMILES string of the molecule is CCc1nnc(N2CCCC(C)(O)CC2)c(C#N)c1CC. The quantitative estimate of drug-likeness (QED) is 0.923. The van der Waals surface area contributed by atoms with Gasteiger partial charge in [-0.15, -0.1) is 5.10 Å². The summed E-state index contributed by atoms with van der Waals surface area (Å²) in [4.78, 5) is 2.10. The number of hydrogen-bond donors (Lipinski definition) is 1. The van der Waals surface area contributed by atoms with Gasteiger partial charge in [-0.05, 0) is 44.6 Å². The number of aromatic nitrogens is 2. The molecule has 1 saturated heterocycles. The molecule has 1 unspecified atom stereocenters. The summed E-state index contributed by atoms with van der Waals surface area (Å²) >= 11 is 0. The Kier molecular flexibility index (Phi) is 4.79. The normalized spacial score (nSPS) is 22.7. The van der Waals surface area contributed by atoms with Crippen LogP contribution in [0.1, 0.15) is 56.9 Å². The topological polar surface area (TPSA) is 73.0 Å². The molecule has 0 aromatic carbocycles. The van der Waals surface area contributed by atoms with Gasteiger partial charge in [-0.1, -0.05) is 13.8 Å². The van der Waals surface area contributed by atoms with Crippen LogP contribution in [-0.2, 0) is 12.8 Å². The summed E-state index contributed by atoms with van der Waals surface area (Å²) in [7, 11) is 0. The van der Waals surface area contributed by atoms with E-state index < -0.39 is 5.60 Å². The molecule has 0 bridgehead atoms. The zero-order chi connectivity index (χ0) is 15.5. The molecule has 1 fully saturated rings. The molecule has 0 saturated carbocycles. The number of nitrogens with zero attached hydrogens (tertiary/aromatic N) is 4. The molecule has 1 N–H and O–H groups in total. The highest BCUT2D eigenvalue weighted by Gasteiger charge is 2.27. The first-order valence-corrected chi connectivity index (χ1v) is 7.78. The highest BCUT2D eigenvalue weighted by molar-refractivity contribution is 5.58. The third kappa shape index (κ3) is 3.33. The Morgan fingerprint density at radius 1 is 1.24 bits per heavy atom. The van der Waals surface area contributed by atoms with Crippen LogP contribution in [0.25, 0.3) is 0 Å². The molecule has 1 aliphatic rings. The fourth-order valence-corrected chi connectivity index (χ4v) is 2.98. The molecule has 1 aromatic rings. The van der Waals surface area contributed by atoms with Crippen LogP contribution in [0.4, 0.5) is 5.82 Å². The molecule has 21 heavy (non-hydrogen) atoms. The molecule has 1 aromatic heterocycles. The second kappa shape index (κ2) is 6.40. The zero-order valence-corrected chi connectivity index (χ0v) is 13.2. The number of aryl methyl sites for hydroxylation is 1. The Hall–Kier alpha value is -1.67. The van der Waals surface area contributed by atoms with E-state index in [2.05, 4.69) is 21.2 Å². The van der Waals surface area contributed by atoms with E-state index in [1.165, 1.54) is 0 Å². The Morgan fingerprint density at radius 3 is 2.62 bits per heavy atom. The van der Waals surface area contributed by atoms with E-state index >= 15 is 0 Å². The van der Waals surface area contributed by atoms with Crippen molar-refractivity contribution in [2.75, 3.05) is 18.0 Å². The molecule has 0 amide bonds. The smallest absolute Gasteiger partial charge is 0.169 e. The van der Waals surface area contributed by atoms with Gasteiger partial charge in [-0.3, -0.25) is 0 Å². The van der Waals surface area contributed by atoms with Gasteiger partial charge in [-0.2, -0.15) is 10.4 Å². The van der Waals surface area contributed by atoms with Crippen LogP contribution in [0.15, 0.2) is 0 Å². The van der Waals surface area contributed by atoms with E-state index in [1.54, 1.807) is 0 Å². The van der Waals surface area contributed by atoms with Crippen molar-refractivity contribution in [1.82, 2.24) is 10.2 Å². The van der Waals surface area contributed by atoms with Gasteiger partial charge in [0.15, 0.2) is 5.82 Å². The molecular weight excluding hydrogens is 264 g/mol. The average Bonchev–Trinajstić information content (AvgIpc) is 2.66. The van der Waals surface area contributed by atoms with E-state index in [1.807, 2.05) is 20.8 Å². The van der Waals surface area contributed by atoms with E-state index in [4.69, 9.17) is 0 Å². The Morgan fingerprint density at radius 2 is 2.00 bits per heavy atom. The molecule has 5 heteroatoms. The van der Waals surface area contributed by atoms with Crippen LogP contribution in [0, 0.1) is 11.3 Å². The third-order valence-electron chi connectivity index (χ3n) is 4.30. The number of rotatable bonds is 3. The second-order valence-corrected chi connectivity index (χ2v) is 5.98. The van der Waals surface area contributed by atoms with Crippen molar-refractivity contribution in [1.29, 1.82) is 5.26 Å². The van der Waals surface area contributed by atoms with Crippen molar-refractivity contribution in [2.45, 2.75) is 58.5 Å². The Balaban J connectivity index is 2.38. The fourth-order valence-electron chi connectivity index (χ4n) is 2.98. The largest absolute Gasteiger partial charge is 0.390 e. The first kappa shape index (κ1) is 15.7. The van der Waals surface area contributed by atoms with Crippen molar-refractivity contribution >= 4 is 5.82 Å². The minimum absolute atomic E-state index is 0.619. The van der Waals surface area contributed by atoms with E-state index in [9.17, 15) is 10.4 Å². The highest BCUT2D eigenvalue weighted by Crippen LogP contribution is 2.28. The Bertz CT molecular complexity index is 548. The van der Waals surface area contributed by atoms with Crippen molar-refractivity contribution in [2.24, 2.45) is 0 Å². The first-order valence-electron chi connectivity index (χ1n) is 7.78. The maximum atomic E-state index is 10.2. The van der Waals surface area contributed by atoms with Crippen molar-refractivity contribution < 1.29 is 5.11 Å². The number of aliphatic hydroxyl groups is 1. The molecule has 0 aliphatic carbocycles. The van der Waals surface area contributed by atoms with Crippen LogP contribution in [-0.4, -0.2) is 34.0 Å². The van der Waals surface area contributed by atoms with Gasteiger partial charge in [-0.25, -0.2) is 0 Å². The van der Waals surface area contributed by atoms with Crippen LogP contribution >= 0.6 is 0 Å². The number of anilines is 1. The molecule has 0 radical (unpaired) electrons. The molecule has 2 rings (SSSR count). The lowest BCUT2D eigenvalue weighted by Gasteiger charge is -2.24. The van der Waals surface area contributed by atoms with Gasteiger partial charge in [0.05, 0.1) is 11.3 Å². The van der Waals surface area contributed by atoms with E-state index in [0.29, 0.717) is 24.3 Å². The molecule has 1 atom stereocenters. The second-order valence-electron chi connectivity index (χ2n) is 5.98. The summed E-state index contributed by atoms with van der Waals surface area (Å²) in [6.07, 6.45) is 3.96. The third-order valence-corrected chi connectivity index (χ3v) is 4.30. The maximum absolute atomic E-state index is 10.2. The van der Waals surface area contributed by atoms with Gasteiger partial charge in [0, 0.05) is 13.1 Å². The van der Waals surface area contributed by atoms with Gasteiger partial charge < -0.3 is 10.0 Å². The summed E-state index contributed by atoms with van der Waals surface area (Å²) in [5, 5.41) is 28.4. The summed E-state index contributed by atoms with van der Waals surface area (Å²) in [5.74, 6) is 0.684. The summed E-state index contributed by atoms with van der Waals surface area (Å²) < 4.78 is 0. The lowest BCUT2D eigenvalue weighted by molar-refractivity contribution is 0.0481. The zero-order valence-electron chi connectivity index (χ0n) is 13.2. The van der Waals surface area contributed by atoms with Crippen LogP contribution in [0.2, 0.25) is 0 Å². The average molecular weight is 288 g/mol. The van der Waals surface area contributed by atoms with E-state index in [0.717, 1.165) is 43.5 Å². The summed E-state index contributed by atoms with van der Waals surface area (Å²) in [6, 6.07) is 2.32. The summed E-state index contributed by atoms with van der Waals surface area (Å²) in [6.45, 7) is 7.49. The minimum Gasteiger partial charge on any atom is -0.390 e. The van der Waals surface area contributed by atoms with Gasteiger partial charge in [0.1, 0.15) is 11.6 Å². The van der Waals surface area contributed by atoms with Crippen LogP contribution in [0.5, 0.6) is 0 Å². The van der Waals surface area contributed by atoms with Crippen molar-refractivity contribution in [3.8, 4) is 6.07 Å². The summed E-state index contributed by atoms with van der Waals surface area (Å²) in [5.41, 5.74) is 1.97. The fraction of sp³-hybridized carbons (Fsp3) is 0.688. The van der Waals surface area contributed by atoms with Gasteiger partial charge >= 0.3 is 0 Å². The van der Waals surface area contributed by atoms with Crippen molar-refractivity contribution in [3.05, 3.63) is 16.8 Å². The Labute approximate surface area is 126 Å². The van der Waals surface area contributed by atoms with Crippen LogP contribution < -0.4 is 4.90 Å². The van der Waals surface area contributed by atoms with Gasteiger partial charge in [0.2, 0.25) is 0 Å². The molecule has 114 valence electrons. The van der Waals surface area contributed by atoms with Crippen LogP contribution in [0.3, 0.4) is 0 Å². The standard InChI is InChI=1S/C16H24N4O/c1-4-12-13(11-17)15(19-18-14(12)5-2)20-9-6-7-16(3,21)8-10-20/h21H,4-10H2,1-3H3. The lowest BCUT2D eigenvalue weighted by atomic mass is 9.98. The van der Waals surface area contributed by atoms with Crippen molar-refractivity contribution in [3.63, 3.8) is 0 Å². The number of nitriles is 1. The predicted octanol–water partition coefficient (Wildman–Crippen LogP) is 2.21. The molecule has 2 heterocycles. The van der Waals surface area contributed by atoms with Gasteiger partial charge in [0.25, 0.3) is 0 Å². The number of hydrogen-bond acceptors (Lipinski definition) is 5. The predicted molar refractivity (Wildman–Crippen MR) is 82.2 cm³/mol. The monoisotopic (exact) mass is 288 g/mol. The minimum atomic E-state index is -0.619. The highest BCUT2D eigenvalue weighted by atomic mass is 16.3. The van der Waals surface area contributed by atoms with E-state index in [-0.39, 0.29) is 0 Å². The maximum Gasteiger partial charge on any atom is 0.169 e. The molecule has 5 nitrogen and oxygen atoms in total. The lowest BCUT2D eigenvalue weighted by Crippen LogP contribution is -2.30. The molecule has 0 spiro atoms.